The van der Waals surface area contributed by atoms with Crippen molar-refractivity contribution in [3.8, 4) is 11.1 Å². The minimum Gasteiger partial charge on any atom is -0.468 e. The van der Waals surface area contributed by atoms with Gasteiger partial charge in [0.2, 0.25) is 5.62 Å². The molecule has 1 aromatic heterocycles. The number of nitrogens with one attached hydrogen (secondary N) is 2. The van der Waals surface area contributed by atoms with Crippen LogP contribution in [0.25, 0.3) is 22.0 Å². The fourth-order valence-corrected chi connectivity index (χ4v) is 4.30. The van der Waals surface area contributed by atoms with Gasteiger partial charge in [-0.2, -0.15) is 4.98 Å². The SMILES string of the molecule is COC(=N)n1c(=N)nc(N(C)c2cccc(-c3ccc(C4CC4)cc3)c2)c2ccc(Cl)cc21. The number of hydrogen-bond donors (Lipinski definition) is 2. The van der Waals surface area contributed by atoms with Crippen LogP contribution in [0.3, 0.4) is 0 Å². The molecule has 6 nitrogen and oxygen atoms in total. The molecule has 5 rings (SSSR count). The summed E-state index contributed by atoms with van der Waals surface area (Å²) in [5.74, 6) is 1.34. The molecule has 3 aromatic carbocycles. The van der Waals surface area contributed by atoms with Crippen molar-refractivity contribution >= 4 is 40.0 Å². The number of hydrogen-bond acceptors (Lipinski definition) is 5. The molecule has 0 atom stereocenters. The van der Waals surface area contributed by atoms with Gasteiger partial charge in [0.1, 0.15) is 5.82 Å². The van der Waals surface area contributed by atoms with Crippen LogP contribution in [0.1, 0.15) is 24.3 Å². The summed E-state index contributed by atoms with van der Waals surface area (Å²) in [6.45, 7) is 0. The topological polar surface area (TPSA) is 78.0 Å². The molecular weight excluding hydrogens is 434 g/mol. The summed E-state index contributed by atoms with van der Waals surface area (Å²) in [4.78, 5) is 6.46. The van der Waals surface area contributed by atoms with Gasteiger partial charge in [-0.25, -0.2) is 4.57 Å². The molecule has 33 heavy (non-hydrogen) atoms. The first-order chi connectivity index (χ1) is 16.0. The molecule has 0 bridgehead atoms. The van der Waals surface area contributed by atoms with E-state index in [0.29, 0.717) is 16.4 Å². The maximum Gasteiger partial charge on any atom is 0.295 e. The maximum absolute atomic E-state index is 8.45. The highest BCUT2D eigenvalue weighted by Crippen LogP contribution is 2.40. The second kappa shape index (κ2) is 8.37. The highest BCUT2D eigenvalue weighted by Gasteiger charge is 2.23. The van der Waals surface area contributed by atoms with Crippen LogP contribution in [0, 0.1) is 10.8 Å². The van der Waals surface area contributed by atoms with Gasteiger partial charge in [0.25, 0.3) is 6.02 Å². The van der Waals surface area contributed by atoms with E-state index >= 15 is 0 Å². The highest BCUT2D eigenvalue weighted by atomic mass is 35.5. The lowest BCUT2D eigenvalue weighted by atomic mass is 10.0. The Labute approximate surface area is 197 Å². The van der Waals surface area contributed by atoms with Crippen LogP contribution in [0.4, 0.5) is 11.5 Å². The van der Waals surface area contributed by atoms with Gasteiger partial charge in [0.15, 0.2) is 0 Å². The molecule has 0 aliphatic heterocycles. The number of nitrogens with zero attached hydrogens (tertiary/aromatic N) is 3. The van der Waals surface area contributed by atoms with E-state index in [9.17, 15) is 0 Å². The lowest BCUT2D eigenvalue weighted by molar-refractivity contribution is 0.378. The standard InChI is InChI=1S/C26H24ClN5O/c1-31(21-5-3-4-19(14-21)18-10-8-17(9-11-18)16-6-7-16)24-22-13-12-20(27)15-23(22)32(25(28)30-24)26(29)33-2/h3-5,8-16,28-29H,6-7H2,1-2H3. The molecule has 0 amide bonds. The molecule has 166 valence electrons. The van der Waals surface area contributed by atoms with Gasteiger partial charge in [-0.15, -0.1) is 0 Å². The predicted molar refractivity (Wildman–Crippen MR) is 133 cm³/mol. The van der Waals surface area contributed by atoms with Crippen LogP contribution < -0.4 is 10.5 Å². The molecule has 7 heteroatoms. The van der Waals surface area contributed by atoms with Crippen molar-refractivity contribution < 1.29 is 4.74 Å². The molecule has 0 saturated heterocycles. The van der Waals surface area contributed by atoms with Gasteiger partial charge in [-0.3, -0.25) is 10.8 Å². The Bertz CT molecular complexity index is 1420. The van der Waals surface area contributed by atoms with Crippen LogP contribution in [0.2, 0.25) is 5.02 Å². The van der Waals surface area contributed by atoms with Gasteiger partial charge >= 0.3 is 0 Å². The van der Waals surface area contributed by atoms with E-state index in [4.69, 9.17) is 27.2 Å². The smallest absolute Gasteiger partial charge is 0.295 e. The van der Waals surface area contributed by atoms with E-state index in [2.05, 4.69) is 41.4 Å². The van der Waals surface area contributed by atoms with E-state index in [1.54, 1.807) is 12.1 Å². The number of rotatable bonds is 4. The third kappa shape index (κ3) is 3.98. The number of halogens is 1. The van der Waals surface area contributed by atoms with Gasteiger partial charge in [-0.1, -0.05) is 48.0 Å². The zero-order valence-corrected chi connectivity index (χ0v) is 19.2. The Balaban J connectivity index is 1.58. The first kappa shape index (κ1) is 21.2. The predicted octanol–water partition coefficient (Wildman–Crippen LogP) is 5.91. The normalized spacial score (nSPS) is 13.2. The average Bonchev–Trinajstić information content (AvgIpc) is 3.68. The number of fused-ring (bicyclic) bond motifs is 1. The van der Waals surface area contributed by atoms with Crippen LogP contribution in [0.15, 0.2) is 66.7 Å². The zero-order valence-electron chi connectivity index (χ0n) is 18.5. The van der Waals surface area contributed by atoms with Crippen molar-refractivity contribution in [3.05, 3.63) is 82.9 Å². The monoisotopic (exact) mass is 457 g/mol. The summed E-state index contributed by atoms with van der Waals surface area (Å²) in [6.07, 6.45) is 2.59. The molecule has 2 N–H and O–H groups in total. The first-order valence-corrected chi connectivity index (χ1v) is 11.2. The minimum atomic E-state index is -0.189. The Morgan fingerprint density at radius 1 is 1.06 bits per heavy atom. The molecule has 1 fully saturated rings. The van der Waals surface area contributed by atoms with Crippen LogP contribution in [-0.4, -0.2) is 29.7 Å². The van der Waals surface area contributed by atoms with Crippen molar-refractivity contribution in [2.45, 2.75) is 18.8 Å². The second-order valence-electron chi connectivity index (χ2n) is 8.27. The molecule has 1 aliphatic carbocycles. The molecule has 1 aliphatic rings. The fourth-order valence-electron chi connectivity index (χ4n) is 4.14. The van der Waals surface area contributed by atoms with Crippen molar-refractivity contribution in [1.82, 2.24) is 9.55 Å². The number of benzene rings is 3. The summed E-state index contributed by atoms with van der Waals surface area (Å²) in [6, 6.07) is 22.3. The van der Waals surface area contributed by atoms with E-state index in [1.165, 1.54) is 35.6 Å². The van der Waals surface area contributed by atoms with Crippen molar-refractivity contribution in [2.24, 2.45) is 0 Å². The number of ether oxygens (including phenoxy) is 1. The van der Waals surface area contributed by atoms with Gasteiger partial charge in [0, 0.05) is 23.1 Å². The summed E-state index contributed by atoms with van der Waals surface area (Å²) in [5.41, 5.74) is 5.13. The Morgan fingerprint density at radius 2 is 1.82 bits per heavy atom. The summed E-state index contributed by atoms with van der Waals surface area (Å²) in [5, 5.41) is 17.8. The van der Waals surface area contributed by atoms with Crippen LogP contribution in [-0.2, 0) is 4.74 Å². The fraction of sp³-hybridized carbons (Fsp3) is 0.192. The first-order valence-electron chi connectivity index (χ1n) is 10.8. The number of aromatic nitrogens is 2. The molecular formula is C26H24ClN5O. The van der Waals surface area contributed by atoms with Crippen LogP contribution in [0.5, 0.6) is 0 Å². The summed E-state index contributed by atoms with van der Waals surface area (Å²) < 4.78 is 6.40. The van der Waals surface area contributed by atoms with E-state index in [1.807, 2.05) is 30.1 Å². The van der Waals surface area contributed by atoms with Crippen molar-refractivity contribution in [2.75, 3.05) is 19.1 Å². The Morgan fingerprint density at radius 3 is 2.52 bits per heavy atom. The van der Waals surface area contributed by atoms with E-state index in [0.717, 1.165) is 22.6 Å². The molecule has 1 saturated carbocycles. The molecule has 0 unspecified atom stereocenters. The third-order valence-corrected chi connectivity index (χ3v) is 6.34. The third-order valence-electron chi connectivity index (χ3n) is 6.11. The van der Waals surface area contributed by atoms with Crippen molar-refractivity contribution in [3.63, 3.8) is 0 Å². The molecule has 0 spiro atoms. The number of methoxy groups -OCH3 is 1. The maximum atomic E-state index is 8.45. The zero-order chi connectivity index (χ0) is 23.1. The minimum absolute atomic E-state index is 0.106. The van der Waals surface area contributed by atoms with E-state index < -0.39 is 0 Å². The van der Waals surface area contributed by atoms with Gasteiger partial charge in [0.05, 0.1) is 12.6 Å². The van der Waals surface area contributed by atoms with E-state index in [-0.39, 0.29) is 11.6 Å². The highest BCUT2D eigenvalue weighted by molar-refractivity contribution is 6.31. The lowest BCUT2D eigenvalue weighted by Gasteiger charge is -2.22. The second-order valence-corrected chi connectivity index (χ2v) is 8.71. The Hall–Kier alpha value is -3.64. The van der Waals surface area contributed by atoms with Crippen LogP contribution >= 0.6 is 11.6 Å². The Kier molecular flexibility index (Phi) is 5.38. The van der Waals surface area contributed by atoms with Crippen molar-refractivity contribution in [1.29, 1.82) is 10.8 Å². The summed E-state index contributed by atoms with van der Waals surface area (Å²) in [7, 11) is 3.32. The molecule has 1 heterocycles. The average molecular weight is 458 g/mol. The molecule has 4 aromatic rings. The number of anilines is 2. The van der Waals surface area contributed by atoms with Gasteiger partial charge in [-0.05, 0) is 65.8 Å². The van der Waals surface area contributed by atoms with Gasteiger partial charge < -0.3 is 9.64 Å². The quantitative estimate of drug-likeness (QED) is 0.295. The largest absolute Gasteiger partial charge is 0.468 e. The lowest BCUT2D eigenvalue weighted by Crippen LogP contribution is -2.32. The summed E-state index contributed by atoms with van der Waals surface area (Å²) >= 11 is 6.24. The molecule has 0 radical (unpaired) electrons.